The van der Waals surface area contributed by atoms with Gasteiger partial charge in [0.15, 0.2) is 0 Å². The molecule has 0 aliphatic heterocycles. The van der Waals surface area contributed by atoms with Crippen LogP contribution in [0.4, 0.5) is 15.8 Å². The lowest BCUT2D eigenvalue weighted by molar-refractivity contribution is -0.387. The Bertz CT molecular complexity index is 943. The van der Waals surface area contributed by atoms with Crippen LogP contribution in [0.3, 0.4) is 0 Å². The highest BCUT2D eigenvalue weighted by atomic mass is 32.2. The zero-order valence-corrected chi connectivity index (χ0v) is 14.7. The molecule has 0 aromatic heterocycles. The molecular weight excluding hydrogens is 365 g/mol. The molecule has 0 bridgehead atoms. The zero-order valence-electron chi connectivity index (χ0n) is 13.9. The number of amides is 1. The fourth-order valence-corrected chi connectivity index (χ4v) is 3.34. The van der Waals surface area contributed by atoms with Crippen LogP contribution in [0.15, 0.2) is 47.4 Å². The van der Waals surface area contributed by atoms with E-state index in [-0.39, 0.29) is 22.2 Å². The van der Waals surface area contributed by atoms with E-state index in [4.69, 9.17) is 0 Å². The van der Waals surface area contributed by atoms with E-state index in [1.807, 2.05) is 0 Å². The number of hydrogen-bond donors (Lipinski definition) is 2. The Balaban J connectivity index is 2.18. The first-order chi connectivity index (χ1) is 12.1. The molecule has 0 unspecified atom stereocenters. The van der Waals surface area contributed by atoms with Crippen molar-refractivity contribution in [2.75, 3.05) is 5.32 Å². The molecule has 8 nitrogen and oxygen atoms in total. The van der Waals surface area contributed by atoms with Gasteiger partial charge in [0.1, 0.15) is 0 Å². The molecule has 0 aliphatic carbocycles. The second-order valence-corrected chi connectivity index (χ2v) is 7.39. The molecule has 0 spiro atoms. The highest BCUT2D eigenvalue weighted by molar-refractivity contribution is 7.89. The van der Waals surface area contributed by atoms with E-state index < -0.39 is 32.4 Å². The number of carbonyl (C=O) groups excluding carboxylic acids is 1. The number of nitro groups is 1. The number of nitro benzene ring substituents is 1. The molecule has 2 aromatic carbocycles. The highest BCUT2D eigenvalue weighted by Gasteiger charge is 2.18. The van der Waals surface area contributed by atoms with Crippen molar-refractivity contribution in [3.05, 3.63) is 64.0 Å². The van der Waals surface area contributed by atoms with Crippen molar-refractivity contribution in [3.8, 4) is 0 Å². The van der Waals surface area contributed by atoms with Crippen LogP contribution in [0, 0.1) is 15.9 Å². The molecule has 0 saturated carbocycles. The number of anilines is 1. The Kier molecular flexibility index (Phi) is 5.68. The van der Waals surface area contributed by atoms with Gasteiger partial charge in [0, 0.05) is 23.4 Å². The molecule has 2 rings (SSSR count). The lowest BCUT2D eigenvalue weighted by atomic mass is 10.1. The highest BCUT2D eigenvalue weighted by Crippen LogP contribution is 2.20. The Morgan fingerprint density at radius 3 is 2.31 bits per heavy atom. The quantitative estimate of drug-likeness (QED) is 0.589. The summed E-state index contributed by atoms with van der Waals surface area (Å²) in [4.78, 5) is 22.0. The van der Waals surface area contributed by atoms with Gasteiger partial charge in [-0.2, -0.15) is 4.39 Å². The molecule has 10 heteroatoms. The predicted octanol–water partition coefficient (Wildman–Crippen LogP) is 2.67. The van der Waals surface area contributed by atoms with Gasteiger partial charge in [-0.25, -0.2) is 13.1 Å². The van der Waals surface area contributed by atoms with Gasteiger partial charge in [-0.3, -0.25) is 14.9 Å². The van der Waals surface area contributed by atoms with E-state index in [0.717, 1.165) is 18.2 Å². The number of sulfonamides is 1. The Labute approximate surface area is 149 Å². The standard InChI is InChI=1S/C16H16FN3O5S/c1-10(2)19-26(24,25)13-6-4-12(5-7-13)18-16(21)11-3-8-14(17)15(9-11)20(22)23/h3-10,19H,1-2H3,(H,18,21). The van der Waals surface area contributed by atoms with Crippen molar-refractivity contribution < 1.29 is 22.5 Å². The first-order valence-electron chi connectivity index (χ1n) is 7.48. The third kappa shape index (κ3) is 4.61. The van der Waals surface area contributed by atoms with Gasteiger partial charge in [-0.1, -0.05) is 0 Å². The third-order valence-electron chi connectivity index (χ3n) is 3.22. The van der Waals surface area contributed by atoms with Crippen LogP contribution in [0.1, 0.15) is 24.2 Å². The number of rotatable bonds is 6. The second kappa shape index (κ2) is 7.58. The molecule has 0 atom stereocenters. The van der Waals surface area contributed by atoms with E-state index in [2.05, 4.69) is 10.0 Å². The number of hydrogen-bond acceptors (Lipinski definition) is 5. The zero-order chi connectivity index (χ0) is 19.5. The van der Waals surface area contributed by atoms with Crippen molar-refractivity contribution >= 4 is 27.3 Å². The molecule has 0 saturated heterocycles. The van der Waals surface area contributed by atoms with Crippen LogP contribution in [0.25, 0.3) is 0 Å². The maximum absolute atomic E-state index is 13.3. The lowest BCUT2D eigenvalue weighted by Crippen LogP contribution is -2.30. The monoisotopic (exact) mass is 381 g/mol. The lowest BCUT2D eigenvalue weighted by Gasteiger charge is -2.10. The molecule has 2 aromatic rings. The molecule has 2 N–H and O–H groups in total. The fraction of sp³-hybridized carbons (Fsp3) is 0.188. The van der Waals surface area contributed by atoms with Gasteiger partial charge in [-0.15, -0.1) is 0 Å². The number of benzene rings is 2. The predicted molar refractivity (Wildman–Crippen MR) is 92.9 cm³/mol. The first kappa shape index (κ1) is 19.5. The maximum Gasteiger partial charge on any atom is 0.305 e. The molecule has 26 heavy (non-hydrogen) atoms. The fourth-order valence-electron chi connectivity index (χ4n) is 2.09. The number of nitrogens with zero attached hydrogens (tertiary/aromatic N) is 1. The van der Waals surface area contributed by atoms with Crippen LogP contribution in [0.2, 0.25) is 0 Å². The van der Waals surface area contributed by atoms with Crippen molar-refractivity contribution in [1.29, 1.82) is 0 Å². The molecule has 0 radical (unpaired) electrons. The SMILES string of the molecule is CC(C)NS(=O)(=O)c1ccc(NC(=O)c2ccc(F)c([N+](=O)[O-])c2)cc1. The van der Waals surface area contributed by atoms with Crippen LogP contribution >= 0.6 is 0 Å². The maximum atomic E-state index is 13.3. The van der Waals surface area contributed by atoms with Crippen LogP contribution in [-0.2, 0) is 10.0 Å². The summed E-state index contributed by atoms with van der Waals surface area (Å²) in [6.45, 7) is 3.38. The summed E-state index contributed by atoms with van der Waals surface area (Å²) in [5, 5.41) is 13.2. The topological polar surface area (TPSA) is 118 Å². The number of carbonyl (C=O) groups is 1. The van der Waals surface area contributed by atoms with Gasteiger partial charge in [0.05, 0.1) is 9.82 Å². The minimum Gasteiger partial charge on any atom is -0.322 e. The molecule has 0 fully saturated rings. The minimum absolute atomic E-state index is 0.0293. The Morgan fingerprint density at radius 1 is 1.15 bits per heavy atom. The second-order valence-electron chi connectivity index (χ2n) is 5.68. The molecule has 1 amide bonds. The van der Waals surface area contributed by atoms with Crippen LogP contribution in [-0.4, -0.2) is 25.3 Å². The van der Waals surface area contributed by atoms with Crippen molar-refractivity contribution in [2.45, 2.75) is 24.8 Å². The van der Waals surface area contributed by atoms with Crippen molar-refractivity contribution in [2.24, 2.45) is 0 Å². The summed E-state index contributed by atoms with van der Waals surface area (Å²) < 4.78 is 39.8. The van der Waals surface area contributed by atoms with Gasteiger partial charge >= 0.3 is 5.69 Å². The average Bonchev–Trinajstić information content (AvgIpc) is 2.54. The normalized spacial score (nSPS) is 11.4. The molecule has 0 aliphatic rings. The Hall–Kier alpha value is -2.85. The molecular formula is C16H16FN3O5S. The summed E-state index contributed by atoms with van der Waals surface area (Å²) in [6.07, 6.45) is 0. The summed E-state index contributed by atoms with van der Waals surface area (Å²) in [5.74, 6) is -1.73. The third-order valence-corrected chi connectivity index (χ3v) is 4.89. The summed E-state index contributed by atoms with van der Waals surface area (Å²) >= 11 is 0. The van der Waals surface area contributed by atoms with Gasteiger partial charge in [0.25, 0.3) is 5.91 Å². The Morgan fingerprint density at radius 2 is 1.77 bits per heavy atom. The molecule has 0 heterocycles. The van der Waals surface area contributed by atoms with Gasteiger partial charge in [0.2, 0.25) is 15.8 Å². The van der Waals surface area contributed by atoms with Crippen LogP contribution < -0.4 is 10.0 Å². The van der Waals surface area contributed by atoms with E-state index in [1.54, 1.807) is 13.8 Å². The summed E-state index contributed by atoms with van der Waals surface area (Å²) in [5.41, 5.74) is -0.624. The largest absolute Gasteiger partial charge is 0.322 e. The van der Waals surface area contributed by atoms with Gasteiger partial charge < -0.3 is 5.32 Å². The van der Waals surface area contributed by atoms with E-state index >= 15 is 0 Å². The first-order valence-corrected chi connectivity index (χ1v) is 8.96. The van der Waals surface area contributed by atoms with E-state index in [9.17, 15) is 27.7 Å². The molecule has 138 valence electrons. The smallest absolute Gasteiger partial charge is 0.305 e. The summed E-state index contributed by atoms with van der Waals surface area (Å²) in [6, 6.07) is 7.89. The average molecular weight is 381 g/mol. The van der Waals surface area contributed by atoms with Gasteiger partial charge in [-0.05, 0) is 50.2 Å². The van der Waals surface area contributed by atoms with Crippen molar-refractivity contribution in [1.82, 2.24) is 4.72 Å². The van der Waals surface area contributed by atoms with Crippen LogP contribution in [0.5, 0.6) is 0 Å². The van der Waals surface area contributed by atoms with E-state index in [1.165, 1.54) is 24.3 Å². The number of nitrogens with one attached hydrogen (secondary N) is 2. The van der Waals surface area contributed by atoms with Crippen molar-refractivity contribution in [3.63, 3.8) is 0 Å². The van der Waals surface area contributed by atoms with E-state index in [0.29, 0.717) is 0 Å². The number of halogens is 1. The summed E-state index contributed by atoms with van der Waals surface area (Å²) in [7, 11) is -3.66. The minimum atomic E-state index is -3.66.